The number of fused-ring (bicyclic) bond motifs is 2. The quantitative estimate of drug-likeness (QED) is 0.552. The summed E-state index contributed by atoms with van der Waals surface area (Å²) in [4.78, 5) is 27.8. The number of carboxylic acids is 1. The monoisotopic (exact) mass is 378 g/mol. The highest BCUT2D eigenvalue weighted by atomic mass is 32.1. The van der Waals surface area contributed by atoms with Crippen molar-refractivity contribution in [1.82, 2.24) is 15.0 Å². The Hall–Kier alpha value is -3.06. The lowest BCUT2D eigenvalue weighted by atomic mass is 10.1. The van der Waals surface area contributed by atoms with E-state index in [-0.39, 0.29) is 6.42 Å². The summed E-state index contributed by atoms with van der Waals surface area (Å²) in [6.45, 7) is 4.37. The van der Waals surface area contributed by atoms with Gasteiger partial charge in [-0.05, 0) is 43.2 Å². The first kappa shape index (κ1) is 17.4. The van der Waals surface area contributed by atoms with E-state index in [9.17, 15) is 9.90 Å². The molecule has 0 atom stereocenters. The number of aliphatic carboxylic acids is 1. The van der Waals surface area contributed by atoms with Crippen LogP contribution in [0, 0.1) is 13.8 Å². The van der Waals surface area contributed by atoms with Crippen molar-refractivity contribution in [2.75, 3.05) is 11.4 Å². The largest absolute Gasteiger partial charge is 0.481 e. The molecule has 0 spiro atoms. The molecule has 4 rings (SSSR count). The second kappa shape index (κ2) is 6.92. The lowest BCUT2D eigenvalue weighted by Gasteiger charge is -2.23. The number of rotatable bonds is 5. The number of aromatic nitrogens is 3. The van der Waals surface area contributed by atoms with Gasteiger partial charge in [-0.25, -0.2) is 9.97 Å². The predicted molar refractivity (Wildman–Crippen MR) is 108 cm³/mol. The number of carboxylic acid groups (broad SMARTS) is 1. The summed E-state index contributed by atoms with van der Waals surface area (Å²) >= 11 is 1.43. The van der Waals surface area contributed by atoms with E-state index in [4.69, 9.17) is 0 Å². The second-order valence-corrected chi connectivity index (χ2v) is 7.38. The van der Waals surface area contributed by atoms with E-state index in [0.717, 1.165) is 32.7 Å². The van der Waals surface area contributed by atoms with Crippen molar-refractivity contribution in [2.45, 2.75) is 20.3 Å². The number of para-hydroxylation sites is 2. The molecule has 2 aromatic heterocycles. The minimum atomic E-state index is -0.839. The highest BCUT2D eigenvalue weighted by molar-refractivity contribution is 7.21. The fourth-order valence-electron chi connectivity index (χ4n) is 2.97. The highest BCUT2D eigenvalue weighted by Gasteiger charge is 2.19. The molecule has 7 heteroatoms. The number of hydrogen-bond donors (Lipinski definition) is 1. The van der Waals surface area contributed by atoms with Gasteiger partial charge in [-0.15, -0.1) is 0 Å². The van der Waals surface area contributed by atoms with Gasteiger partial charge in [0.2, 0.25) is 0 Å². The molecule has 4 aromatic rings. The Morgan fingerprint density at radius 3 is 2.56 bits per heavy atom. The minimum absolute atomic E-state index is 0.0200. The molecule has 0 amide bonds. The molecule has 1 N–H and O–H groups in total. The number of anilines is 2. The SMILES string of the molecule is Cc1ccc(C)c(N(CCC(=O)O)c2nc3nc4ccccc4nc3s2)c1. The zero-order chi connectivity index (χ0) is 19.0. The maximum atomic E-state index is 11.2. The Balaban J connectivity index is 1.84. The fraction of sp³-hybridized carbons (Fsp3) is 0.200. The molecule has 0 aliphatic heterocycles. The Morgan fingerprint density at radius 2 is 1.81 bits per heavy atom. The molecule has 0 saturated carbocycles. The van der Waals surface area contributed by atoms with Crippen molar-refractivity contribution in [3.05, 3.63) is 53.6 Å². The van der Waals surface area contributed by atoms with Crippen LogP contribution in [0.4, 0.5) is 10.8 Å². The summed E-state index contributed by atoms with van der Waals surface area (Å²) in [5, 5.41) is 9.88. The normalized spacial score (nSPS) is 11.2. The van der Waals surface area contributed by atoms with Gasteiger partial charge in [-0.1, -0.05) is 35.6 Å². The summed E-state index contributed by atoms with van der Waals surface area (Å²) in [6.07, 6.45) is 0.0200. The first-order valence-corrected chi connectivity index (χ1v) is 9.43. The first-order valence-electron chi connectivity index (χ1n) is 8.61. The van der Waals surface area contributed by atoms with Crippen LogP contribution < -0.4 is 4.90 Å². The Kier molecular flexibility index (Phi) is 4.45. The van der Waals surface area contributed by atoms with Crippen LogP contribution >= 0.6 is 11.3 Å². The number of benzene rings is 2. The molecular weight excluding hydrogens is 360 g/mol. The van der Waals surface area contributed by atoms with Gasteiger partial charge in [-0.2, -0.15) is 4.98 Å². The lowest BCUT2D eigenvalue weighted by Crippen LogP contribution is -2.21. The van der Waals surface area contributed by atoms with Crippen LogP contribution in [0.15, 0.2) is 42.5 Å². The third kappa shape index (κ3) is 3.46. The third-order valence-electron chi connectivity index (χ3n) is 4.35. The molecule has 0 unspecified atom stereocenters. The standard InChI is InChI=1S/C20H18N4O2S/c1-12-7-8-13(2)16(11-12)24(10-9-17(25)26)20-23-18-19(27-20)22-15-6-4-3-5-14(15)21-18/h3-8,11H,9-10H2,1-2H3,(H,25,26). The van der Waals surface area contributed by atoms with Crippen LogP contribution in [0.5, 0.6) is 0 Å². The zero-order valence-electron chi connectivity index (χ0n) is 15.0. The summed E-state index contributed by atoms with van der Waals surface area (Å²) in [7, 11) is 0. The molecule has 6 nitrogen and oxygen atoms in total. The predicted octanol–water partition coefficient (Wildman–Crippen LogP) is 4.47. The highest BCUT2D eigenvalue weighted by Crippen LogP contribution is 2.34. The topological polar surface area (TPSA) is 79.2 Å². The third-order valence-corrected chi connectivity index (χ3v) is 5.31. The van der Waals surface area contributed by atoms with Crippen LogP contribution in [0.2, 0.25) is 0 Å². The van der Waals surface area contributed by atoms with E-state index in [0.29, 0.717) is 17.3 Å². The number of carbonyl (C=O) groups is 1. The van der Waals surface area contributed by atoms with E-state index < -0.39 is 5.97 Å². The van der Waals surface area contributed by atoms with Crippen molar-refractivity contribution in [3.63, 3.8) is 0 Å². The van der Waals surface area contributed by atoms with E-state index in [1.807, 2.05) is 55.1 Å². The maximum absolute atomic E-state index is 11.2. The average Bonchev–Trinajstić information content (AvgIpc) is 3.04. The summed E-state index contributed by atoms with van der Waals surface area (Å²) in [6, 6.07) is 13.8. The number of aryl methyl sites for hydroxylation is 2. The molecule has 2 aromatic carbocycles. The van der Waals surface area contributed by atoms with E-state index in [1.165, 1.54) is 11.3 Å². The van der Waals surface area contributed by atoms with E-state index in [1.54, 1.807) is 0 Å². The van der Waals surface area contributed by atoms with Crippen LogP contribution in [0.1, 0.15) is 17.5 Å². The van der Waals surface area contributed by atoms with Crippen molar-refractivity contribution in [3.8, 4) is 0 Å². The van der Waals surface area contributed by atoms with Gasteiger partial charge in [-0.3, -0.25) is 4.79 Å². The van der Waals surface area contributed by atoms with Crippen LogP contribution in [-0.4, -0.2) is 32.6 Å². The van der Waals surface area contributed by atoms with Gasteiger partial charge in [0.25, 0.3) is 0 Å². The summed E-state index contributed by atoms with van der Waals surface area (Å²) in [5.74, 6) is -0.839. The minimum Gasteiger partial charge on any atom is -0.481 e. The molecule has 0 fully saturated rings. The van der Waals surface area contributed by atoms with Crippen LogP contribution in [0.3, 0.4) is 0 Å². The van der Waals surface area contributed by atoms with Crippen molar-refractivity contribution in [1.29, 1.82) is 0 Å². The molecular formula is C20H18N4O2S. The van der Waals surface area contributed by atoms with Gasteiger partial charge in [0.15, 0.2) is 15.6 Å². The number of hydrogen-bond acceptors (Lipinski definition) is 6. The van der Waals surface area contributed by atoms with Gasteiger partial charge >= 0.3 is 5.97 Å². The second-order valence-electron chi connectivity index (χ2n) is 6.42. The zero-order valence-corrected chi connectivity index (χ0v) is 15.8. The molecule has 136 valence electrons. The number of nitrogens with zero attached hydrogens (tertiary/aromatic N) is 4. The van der Waals surface area contributed by atoms with Crippen LogP contribution in [0.25, 0.3) is 21.5 Å². The smallest absolute Gasteiger partial charge is 0.305 e. The molecule has 0 aliphatic carbocycles. The van der Waals surface area contributed by atoms with Crippen molar-refractivity contribution < 1.29 is 9.90 Å². The Bertz CT molecular complexity index is 1100. The average molecular weight is 378 g/mol. The molecule has 0 radical (unpaired) electrons. The fourth-order valence-corrected chi connectivity index (χ4v) is 3.90. The molecule has 0 bridgehead atoms. The molecule has 0 aliphatic rings. The van der Waals surface area contributed by atoms with Gasteiger partial charge in [0.05, 0.1) is 17.5 Å². The van der Waals surface area contributed by atoms with Crippen molar-refractivity contribution in [2.24, 2.45) is 0 Å². The molecule has 2 heterocycles. The van der Waals surface area contributed by atoms with Crippen LogP contribution in [-0.2, 0) is 4.79 Å². The molecule has 27 heavy (non-hydrogen) atoms. The first-order chi connectivity index (χ1) is 13.0. The van der Waals surface area contributed by atoms with E-state index in [2.05, 4.69) is 21.0 Å². The Labute approximate surface area is 160 Å². The number of thiazole rings is 1. The van der Waals surface area contributed by atoms with Gasteiger partial charge < -0.3 is 10.0 Å². The van der Waals surface area contributed by atoms with Gasteiger partial charge in [0, 0.05) is 12.2 Å². The Morgan fingerprint density at radius 1 is 1.07 bits per heavy atom. The maximum Gasteiger partial charge on any atom is 0.305 e. The lowest BCUT2D eigenvalue weighted by molar-refractivity contribution is -0.136. The molecule has 0 saturated heterocycles. The van der Waals surface area contributed by atoms with E-state index >= 15 is 0 Å². The summed E-state index contributed by atoms with van der Waals surface area (Å²) in [5.41, 5.74) is 5.34. The summed E-state index contributed by atoms with van der Waals surface area (Å²) < 4.78 is 0. The van der Waals surface area contributed by atoms with Gasteiger partial charge in [0.1, 0.15) is 0 Å². The van der Waals surface area contributed by atoms with Crippen molar-refractivity contribution >= 4 is 49.6 Å².